The van der Waals surface area contributed by atoms with Crippen molar-refractivity contribution >= 4 is 11.3 Å². The maximum Gasteiger partial charge on any atom is 0.123 e. The molecule has 0 fully saturated rings. The Morgan fingerprint density at radius 3 is 2.72 bits per heavy atom. The average Bonchev–Trinajstić information content (AvgIpc) is 2.92. The third-order valence-electron chi connectivity index (χ3n) is 3.50. The molecule has 1 aliphatic rings. The summed E-state index contributed by atoms with van der Waals surface area (Å²) in [5, 5.41) is 0. The van der Waals surface area contributed by atoms with Crippen LogP contribution in [0.2, 0.25) is 0 Å². The Morgan fingerprint density at radius 2 is 2.00 bits per heavy atom. The van der Waals surface area contributed by atoms with Crippen molar-refractivity contribution < 1.29 is 4.39 Å². The molecular formula is C15H16FNS. The molecule has 0 bridgehead atoms. The lowest BCUT2D eigenvalue weighted by Gasteiger charge is -2.09. The minimum Gasteiger partial charge on any atom is -0.323 e. The average molecular weight is 261 g/mol. The first-order valence-electron chi connectivity index (χ1n) is 6.34. The summed E-state index contributed by atoms with van der Waals surface area (Å²) in [7, 11) is 0. The van der Waals surface area contributed by atoms with Crippen LogP contribution in [0.3, 0.4) is 0 Å². The molecule has 0 amide bonds. The Labute approximate surface area is 110 Å². The largest absolute Gasteiger partial charge is 0.323 e. The van der Waals surface area contributed by atoms with Crippen molar-refractivity contribution in [3.05, 3.63) is 57.0 Å². The normalized spacial score (nSPS) is 15.7. The fourth-order valence-electron chi connectivity index (χ4n) is 2.51. The van der Waals surface area contributed by atoms with Gasteiger partial charge in [0.15, 0.2) is 0 Å². The van der Waals surface area contributed by atoms with Gasteiger partial charge in [-0.1, -0.05) is 12.1 Å². The summed E-state index contributed by atoms with van der Waals surface area (Å²) in [5.41, 5.74) is 8.83. The Balaban J connectivity index is 1.74. The van der Waals surface area contributed by atoms with Gasteiger partial charge in [0.05, 0.1) is 0 Å². The summed E-state index contributed by atoms with van der Waals surface area (Å²) >= 11 is 1.85. The first-order valence-corrected chi connectivity index (χ1v) is 7.15. The molecule has 1 unspecified atom stereocenters. The molecule has 1 heterocycles. The minimum atomic E-state index is -0.192. The highest BCUT2D eigenvalue weighted by molar-refractivity contribution is 7.12. The van der Waals surface area contributed by atoms with E-state index in [0.717, 1.165) is 12.0 Å². The van der Waals surface area contributed by atoms with E-state index in [9.17, 15) is 4.39 Å². The van der Waals surface area contributed by atoms with Crippen molar-refractivity contribution in [3.8, 4) is 0 Å². The van der Waals surface area contributed by atoms with Crippen molar-refractivity contribution in [2.75, 3.05) is 0 Å². The molecule has 94 valence electrons. The molecule has 1 aliphatic carbocycles. The second-order valence-electron chi connectivity index (χ2n) is 4.89. The van der Waals surface area contributed by atoms with Gasteiger partial charge in [-0.2, -0.15) is 0 Å². The second kappa shape index (κ2) is 4.82. The molecule has 0 radical (unpaired) electrons. The summed E-state index contributed by atoms with van der Waals surface area (Å²) in [6.07, 6.45) is 4.48. The quantitative estimate of drug-likeness (QED) is 0.897. The number of halogens is 1. The van der Waals surface area contributed by atoms with Crippen LogP contribution in [0.25, 0.3) is 0 Å². The molecule has 0 saturated heterocycles. The van der Waals surface area contributed by atoms with E-state index < -0.39 is 0 Å². The highest BCUT2D eigenvalue weighted by Gasteiger charge is 2.18. The van der Waals surface area contributed by atoms with Gasteiger partial charge in [-0.05, 0) is 55.0 Å². The Morgan fingerprint density at radius 1 is 1.22 bits per heavy atom. The molecule has 0 saturated carbocycles. The minimum absolute atomic E-state index is 0.0334. The zero-order chi connectivity index (χ0) is 12.5. The number of aryl methyl sites for hydroxylation is 2. The molecular weight excluding hydrogens is 245 g/mol. The van der Waals surface area contributed by atoms with Gasteiger partial charge in [0.2, 0.25) is 0 Å². The molecule has 2 aromatic rings. The van der Waals surface area contributed by atoms with Crippen molar-refractivity contribution in [1.82, 2.24) is 0 Å². The van der Waals surface area contributed by atoms with Crippen molar-refractivity contribution in [2.45, 2.75) is 31.7 Å². The zero-order valence-corrected chi connectivity index (χ0v) is 11.0. The topological polar surface area (TPSA) is 26.0 Å². The molecule has 1 aromatic heterocycles. The number of hydrogen-bond acceptors (Lipinski definition) is 2. The fraction of sp³-hybridized carbons (Fsp3) is 0.333. The van der Waals surface area contributed by atoms with Gasteiger partial charge >= 0.3 is 0 Å². The van der Waals surface area contributed by atoms with Crippen LogP contribution < -0.4 is 5.73 Å². The van der Waals surface area contributed by atoms with Crippen LogP contribution in [-0.2, 0) is 19.3 Å². The third-order valence-corrected chi connectivity index (χ3v) is 4.87. The van der Waals surface area contributed by atoms with Crippen LogP contribution >= 0.6 is 11.3 Å². The monoisotopic (exact) mass is 261 g/mol. The molecule has 3 heteroatoms. The smallest absolute Gasteiger partial charge is 0.123 e. The first-order chi connectivity index (χ1) is 8.72. The summed E-state index contributed by atoms with van der Waals surface area (Å²) < 4.78 is 12.8. The Kier molecular flexibility index (Phi) is 3.18. The van der Waals surface area contributed by atoms with E-state index in [4.69, 9.17) is 5.73 Å². The van der Waals surface area contributed by atoms with Crippen LogP contribution in [0.1, 0.15) is 33.3 Å². The van der Waals surface area contributed by atoms with Gasteiger partial charge < -0.3 is 5.73 Å². The molecule has 1 atom stereocenters. The fourth-order valence-corrected chi connectivity index (χ4v) is 3.77. The SMILES string of the molecule is NC(Cc1ccc(F)cc1)c1cc2c(s1)CCC2. The van der Waals surface area contributed by atoms with Crippen LogP contribution in [0.5, 0.6) is 0 Å². The third kappa shape index (κ3) is 2.33. The molecule has 0 aliphatic heterocycles. The summed E-state index contributed by atoms with van der Waals surface area (Å²) in [4.78, 5) is 2.78. The zero-order valence-electron chi connectivity index (χ0n) is 10.2. The predicted molar refractivity (Wildman–Crippen MR) is 73.4 cm³/mol. The van der Waals surface area contributed by atoms with Gasteiger partial charge in [0.1, 0.15) is 5.82 Å². The number of rotatable bonds is 3. The van der Waals surface area contributed by atoms with Gasteiger partial charge in [0.25, 0.3) is 0 Å². The lowest BCUT2D eigenvalue weighted by atomic mass is 10.0. The van der Waals surface area contributed by atoms with E-state index in [1.807, 2.05) is 23.5 Å². The lowest BCUT2D eigenvalue weighted by Crippen LogP contribution is -2.11. The van der Waals surface area contributed by atoms with Crippen molar-refractivity contribution in [2.24, 2.45) is 5.73 Å². The molecule has 18 heavy (non-hydrogen) atoms. The van der Waals surface area contributed by atoms with Crippen LogP contribution in [0.4, 0.5) is 4.39 Å². The molecule has 0 spiro atoms. The van der Waals surface area contributed by atoms with Gasteiger partial charge in [-0.25, -0.2) is 4.39 Å². The van der Waals surface area contributed by atoms with E-state index in [-0.39, 0.29) is 11.9 Å². The maximum atomic E-state index is 12.8. The van der Waals surface area contributed by atoms with Gasteiger partial charge in [0, 0.05) is 15.8 Å². The van der Waals surface area contributed by atoms with E-state index in [0.29, 0.717) is 0 Å². The molecule has 1 nitrogen and oxygen atoms in total. The number of benzene rings is 1. The number of nitrogens with two attached hydrogens (primary N) is 1. The molecule has 3 rings (SSSR count). The van der Waals surface area contributed by atoms with Crippen molar-refractivity contribution in [3.63, 3.8) is 0 Å². The first kappa shape index (κ1) is 11.9. The van der Waals surface area contributed by atoms with E-state index in [1.54, 1.807) is 0 Å². The Hall–Kier alpha value is -1.19. The summed E-state index contributed by atoms with van der Waals surface area (Å²) in [5.74, 6) is -0.192. The van der Waals surface area contributed by atoms with Crippen molar-refractivity contribution in [1.29, 1.82) is 0 Å². The number of hydrogen-bond donors (Lipinski definition) is 1. The van der Waals surface area contributed by atoms with Gasteiger partial charge in [-0.15, -0.1) is 11.3 Å². The Bertz CT molecular complexity index is 523. The highest BCUT2D eigenvalue weighted by atomic mass is 32.1. The lowest BCUT2D eigenvalue weighted by molar-refractivity contribution is 0.626. The van der Waals surface area contributed by atoms with Gasteiger partial charge in [-0.3, -0.25) is 0 Å². The molecule has 1 aromatic carbocycles. The maximum absolute atomic E-state index is 12.8. The van der Waals surface area contributed by atoms with E-state index in [2.05, 4.69) is 6.07 Å². The highest BCUT2D eigenvalue weighted by Crippen LogP contribution is 2.33. The number of thiophene rings is 1. The van der Waals surface area contributed by atoms with Crippen LogP contribution in [-0.4, -0.2) is 0 Å². The second-order valence-corrected chi connectivity index (χ2v) is 6.06. The van der Waals surface area contributed by atoms with Crippen LogP contribution in [0.15, 0.2) is 30.3 Å². The van der Waals surface area contributed by atoms with Crippen LogP contribution in [0, 0.1) is 5.82 Å². The standard InChI is InChI=1S/C15H16FNS/c16-12-6-4-10(5-7-12)8-13(17)15-9-11-2-1-3-14(11)18-15/h4-7,9,13H,1-3,8,17H2. The number of fused-ring (bicyclic) bond motifs is 1. The predicted octanol–water partition coefficient (Wildman–Crippen LogP) is 3.62. The summed E-state index contributed by atoms with van der Waals surface area (Å²) in [6, 6.07) is 8.92. The summed E-state index contributed by atoms with van der Waals surface area (Å²) in [6.45, 7) is 0. The molecule has 2 N–H and O–H groups in total. The van der Waals surface area contributed by atoms with E-state index in [1.165, 1.54) is 46.7 Å². The van der Waals surface area contributed by atoms with E-state index >= 15 is 0 Å².